The molecule has 3 aromatic rings. The van der Waals surface area contributed by atoms with Crippen LogP contribution in [0.3, 0.4) is 0 Å². The molecule has 34 heavy (non-hydrogen) atoms. The average Bonchev–Trinajstić information content (AvgIpc) is 3.17. The van der Waals surface area contributed by atoms with Crippen molar-refractivity contribution in [2.45, 2.75) is 20.0 Å². The second-order valence-electron chi connectivity index (χ2n) is 7.93. The quantitative estimate of drug-likeness (QED) is 0.439. The summed E-state index contributed by atoms with van der Waals surface area (Å²) in [6, 6.07) is 6.39. The van der Waals surface area contributed by atoms with E-state index in [1.54, 1.807) is 36.6 Å². The van der Waals surface area contributed by atoms with Gasteiger partial charge in [-0.1, -0.05) is 18.7 Å². The molecular formula is C25H25F2N7. The summed E-state index contributed by atoms with van der Waals surface area (Å²) < 4.78 is 30.2. The van der Waals surface area contributed by atoms with E-state index in [0.717, 1.165) is 29.9 Å². The van der Waals surface area contributed by atoms with Gasteiger partial charge in [0.15, 0.2) is 0 Å². The minimum Gasteiger partial charge on any atom is -0.299 e. The summed E-state index contributed by atoms with van der Waals surface area (Å²) in [5.74, 6) is -1.13. The molecule has 0 spiro atoms. The van der Waals surface area contributed by atoms with Gasteiger partial charge in [0.2, 0.25) is 5.95 Å². The van der Waals surface area contributed by atoms with Crippen LogP contribution >= 0.6 is 0 Å². The van der Waals surface area contributed by atoms with Crippen LogP contribution in [-0.4, -0.2) is 43.0 Å². The predicted molar refractivity (Wildman–Crippen MR) is 128 cm³/mol. The standard InChI is InChI=1S/C25H25F2N7/c1-4-19(6-5-17(2)26)25-24(21-16-32(3)13-14-33(21)31-25)20-7-8-23(28)34(30-20)12-10-18-9-11-29-22(27)15-18/h4-12,15,28H,2,13-14,16H2,1,3H3/b6-5-,12-10+,19-4+,28-23?. The first-order chi connectivity index (χ1) is 16.4. The third-order valence-corrected chi connectivity index (χ3v) is 5.48. The lowest BCUT2D eigenvalue weighted by molar-refractivity contribution is 0.259. The Morgan fingerprint density at radius 1 is 1.18 bits per heavy atom. The largest absolute Gasteiger partial charge is 0.299 e. The third-order valence-electron chi connectivity index (χ3n) is 5.48. The van der Waals surface area contributed by atoms with Crippen LogP contribution in [0.2, 0.25) is 0 Å². The Bertz CT molecular complexity index is 1380. The highest BCUT2D eigenvalue weighted by Gasteiger charge is 2.25. The number of hydrogen-bond donors (Lipinski definition) is 1. The minimum atomic E-state index is -0.580. The number of pyridine rings is 1. The molecule has 0 saturated heterocycles. The van der Waals surface area contributed by atoms with E-state index in [4.69, 9.17) is 10.5 Å². The summed E-state index contributed by atoms with van der Waals surface area (Å²) in [4.78, 5) is 5.75. The zero-order valence-corrected chi connectivity index (χ0v) is 19.0. The summed E-state index contributed by atoms with van der Waals surface area (Å²) in [5, 5.41) is 17.8. The molecule has 0 saturated carbocycles. The van der Waals surface area contributed by atoms with E-state index in [1.807, 2.05) is 24.7 Å². The lowest BCUT2D eigenvalue weighted by atomic mass is 10.0. The number of halogens is 2. The third kappa shape index (κ3) is 4.99. The van der Waals surface area contributed by atoms with Gasteiger partial charge < -0.3 is 0 Å². The fourth-order valence-electron chi connectivity index (χ4n) is 3.77. The summed E-state index contributed by atoms with van der Waals surface area (Å²) in [6.07, 6.45) is 9.47. The van der Waals surface area contributed by atoms with Gasteiger partial charge in [0.05, 0.1) is 23.5 Å². The van der Waals surface area contributed by atoms with Gasteiger partial charge in [-0.15, -0.1) is 0 Å². The second kappa shape index (κ2) is 9.88. The number of rotatable bonds is 6. The highest BCUT2D eigenvalue weighted by atomic mass is 19.1. The molecule has 7 nitrogen and oxygen atoms in total. The predicted octanol–water partition coefficient (Wildman–Crippen LogP) is 4.28. The van der Waals surface area contributed by atoms with Crippen molar-refractivity contribution in [3.8, 4) is 11.3 Å². The molecule has 0 aliphatic carbocycles. The maximum Gasteiger partial charge on any atom is 0.213 e. The molecule has 9 heteroatoms. The molecule has 0 unspecified atom stereocenters. The molecule has 0 amide bonds. The number of fused-ring (bicyclic) bond motifs is 1. The van der Waals surface area contributed by atoms with Crippen LogP contribution in [0, 0.1) is 11.4 Å². The maximum atomic E-state index is 13.4. The molecule has 4 rings (SSSR count). The molecule has 1 aliphatic rings. The second-order valence-corrected chi connectivity index (χ2v) is 7.93. The molecule has 1 N–H and O–H groups in total. The number of allylic oxidation sites excluding steroid dienone is 5. The molecule has 4 heterocycles. The van der Waals surface area contributed by atoms with E-state index in [2.05, 4.69) is 21.6 Å². The Balaban J connectivity index is 1.83. The minimum absolute atomic E-state index is 0.161. The van der Waals surface area contributed by atoms with E-state index < -0.39 is 11.8 Å². The molecule has 0 radical (unpaired) electrons. The fourth-order valence-corrected chi connectivity index (χ4v) is 3.77. The van der Waals surface area contributed by atoms with Gasteiger partial charge in [-0.2, -0.15) is 14.6 Å². The SMILES string of the molecule is C=C(F)/C=C\C(=C/C)c1nn2c(c1-c1ccc(=N)n(/C=C/c3ccnc(F)c3)n1)CN(C)CC2. The van der Waals surface area contributed by atoms with Gasteiger partial charge in [-0.3, -0.25) is 15.0 Å². The van der Waals surface area contributed by atoms with E-state index in [9.17, 15) is 8.78 Å². The van der Waals surface area contributed by atoms with Gasteiger partial charge in [0.1, 0.15) is 17.0 Å². The molecule has 3 aromatic heterocycles. The smallest absolute Gasteiger partial charge is 0.213 e. The van der Waals surface area contributed by atoms with Crippen molar-refractivity contribution in [1.82, 2.24) is 29.4 Å². The highest BCUT2D eigenvalue weighted by Crippen LogP contribution is 2.33. The van der Waals surface area contributed by atoms with Crippen LogP contribution in [0.1, 0.15) is 23.9 Å². The average molecular weight is 462 g/mol. The van der Waals surface area contributed by atoms with Crippen molar-refractivity contribution in [2.24, 2.45) is 0 Å². The Morgan fingerprint density at radius 2 is 2.00 bits per heavy atom. The monoisotopic (exact) mass is 461 g/mol. The normalized spacial score (nSPS) is 14.8. The van der Waals surface area contributed by atoms with Crippen molar-refractivity contribution in [1.29, 1.82) is 5.41 Å². The van der Waals surface area contributed by atoms with Crippen LogP contribution in [-0.2, 0) is 13.1 Å². The van der Waals surface area contributed by atoms with Gasteiger partial charge in [-0.25, -0.2) is 14.1 Å². The topological polar surface area (TPSA) is 75.6 Å². The van der Waals surface area contributed by atoms with Gasteiger partial charge in [0, 0.05) is 31.6 Å². The van der Waals surface area contributed by atoms with Crippen LogP contribution in [0.25, 0.3) is 29.1 Å². The Hall–Kier alpha value is -3.98. The van der Waals surface area contributed by atoms with Crippen LogP contribution in [0.5, 0.6) is 0 Å². The van der Waals surface area contributed by atoms with Crippen molar-refractivity contribution in [3.63, 3.8) is 0 Å². The number of nitrogens with zero attached hydrogens (tertiary/aromatic N) is 6. The van der Waals surface area contributed by atoms with E-state index in [0.29, 0.717) is 23.5 Å². The van der Waals surface area contributed by atoms with Gasteiger partial charge >= 0.3 is 0 Å². The van der Waals surface area contributed by atoms with Crippen molar-refractivity contribution >= 4 is 17.8 Å². The molecular weight excluding hydrogens is 436 g/mol. The van der Waals surface area contributed by atoms with Crippen LogP contribution < -0.4 is 5.49 Å². The summed E-state index contributed by atoms with van der Waals surface area (Å²) in [6.45, 7) is 7.42. The van der Waals surface area contributed by atoms with Crippen molar-refractivity contribution in [2.75, 3.05) is 13.6 Å². The van der Waals surface area contributed by atoms with Crippen LogP contribution in [0.4, 0.5) is 8.78 Å². The lowest BCUT2D eigenvalue weighted by Gasteiger charge is -2.24. The molecule has 0 bridgehead atoms. The summed E-state index contributed by atoms with van der Waals surface area (Å²) in [5.41, 5.74) is 4.63. The number of aromatic nitrogens is 5. The molecule has 174 valence electrons. The molecule has 1 aliphatic heterocycles. The molecule has 0 aromatic carbocycles. The first-order valence-corrected chi connectivity index (χ1v) is 10.8. The molecule has 0 fully saturated rings. The molecule has 0 atom stereocenters. The van der Waals surface area contributed by atoms with Gasteiger partial charge in [-0.05, 0) is 55.5 Å². The highest BCUT2D eigenvalue weighted by molar-refractivity contribution is 5.84. The first-order valence-electron chi connectivity index (χ1n) is 10.8. The Labute approximate surface area is 196 Å². The first kappa shape index (κ1) is 23.2. The van der Waals surface area contributed by atoms with E-state index >= 15 is 0 Å². The maximum absolute atomic E-state index is 13.4. The summed E-state index contributed by atoms with van der Waals surface area (Å²) >= 11 is 0. The van der Waals surface area contributed by atoms with E-state index in [1.165, 1.54) is 23.0 Å². The number of likely N-dealkylation sites (N-methyl/N-ethyl adjacent to an activating group) is 1. The van der Waals surface area contributed by atoms with Crippen molar-refractivity contribution < 1.29 is 8.78 Å². The fraction of sp³-hybridized carbons (Fsp3) is 0.200. The zero-order valence-electron chi connectivity index (χ0n) is 19.0. The summed E-state index contributed by atoms with van der Waals surface area (Å²) in [7, 11) is 2.04. The van der Waals surface area contributed by atoms with Crippen LogP contribution in [0.15, 0.2) is 61.1 Å². The van der Waals surface area contributed by atoms with Gasteiger partial charge in [0.25, 0.3) is 0 Å². The number of hydrogen-bond acceptors (Lipinski definition) is 5. The van der Waals surface area contributed by atoms with Crippen molar-refractivity contribution in [3.05, 3.63) is 89.5 Å². The lowest BCUT2D eigenvalue weighted by Crippen LogP contribution is -2.31. The zero-order chi connectivity index (χ0) is 24.2. The number of nitrogens with one attached hydrogen (secondary N) is 1. The Kier molecular flexibility index (Phi) is 6.74. The Morgan fingerprint density at radius 3 is 2.74 bits per heavy atom. The van der Waals surface area contributed by atoms with E-state index in [-0.39, 0.29) is 5.49 Å².